The van der Waals surface area contributed by atoms with Crippen molar-refractivity contribution in [3.63, 3.8) is 0 Å². The van der Waals surface area contributed by atoms with Crippen LogP contribution >= 0.6 is 0 Å². The number of anilines is 1. The highest BCUT2D eigenvalue weighted by Gasteiger charge is 2.36. The minimum atomic E-state index is -3.86. The largest absolute Gasteiger partial charge is 0.360 e. The summed E-state index contributed by atoms with van der Waals surface area (Å²) in [6, 6.07) is 2.71. The number of nitrogens with zero attached hydrogens (tertiary/aromatic N) is 2. The molecule has 2 heterocycles. The molecular formula is C17H19F2N3O4S. The summed E-state index contributed by atoms with van der Waals surface area (Å²) in [4.78, 5) is 12.5. The van der Waals surface area contributed by atoms with Gasteiger partial charge in [0.15, 0.2) is 5.76 Å². The standard InChI is InChI=1S/C17H19F2N3O4S/c1-10-16(11(2)26-21-10)27(24,25)22-5-3-4-12(9-22)17(23)20-15-7-13(18)6-14(19)8-15/h6-8,12H,3-5,9H2,1-2H3,(H,20,23)/t12-/m1/s1. The van der Waals surface area contributed by atoms with Crippen molar-refractivity contribution in [2.75, 3.05) is 18.4 Å². The second kappa shape index (κ2) is 7.35. The van der Waals surface area contributed by atoms with E-state index in [0.29, 0.717) is 18.9 Å². The highest BCUT2D eigenvalue weighted by molar-refractivity contribution is 7.89. The Bertz CT molecular complexity index is 935. The van der Waals surface area contributed by atoms with Gasteiger partial charge in [-0.3, -0.25) is 4.79 Å². The Hall–Kier alpha value is -2.33. The van der Waals surface area contributed by atoms with Gasteiger partial charge in [-0.25, -0.2) is 17.2 Å². The lowest BCUT2D eigenvalue weighted by molar-refractivity contribution is -0.120. The molecule has 146 valence electrons. The van der Waals surface area contributed by atoms with E-state index in [0.717, 1.165) is 12.1 Å². The molecule has 1 fully saturated rings. The van der Waals surface area contributed by atoms with Crippen molar-refractivity contribution in [1.29, 1.82) is 0 Å². The number of halogens is 2. The Morgan fingerprint density at radius 2 is 1.93 bits per heavy atom. The number of aryl methyl sites for hydroxylation is 2. The SMILES string of the molecule is Cc1noc(C)c1S(=O)(=O)N1CCC[C@@H](C(=O)Nc2cc(F)cc(F)c2)C1. The Morgan fingerprint density at radius 3 is 2.52 bits per heavy atom. The number of aromatic nitrogens is 1. The van der Waals surface area contributed by atoms with E-state index in [4.69, 9.17) is 4.52 Å². The summed E-state index contributed by atoms with van der Waals surface area (Å²) < 4.78 is 58.5. The zero-order chi connectivity index (χ0) is 19.8. The summed E-state index contributed by atoms with van der Waals surface area (Å²) in [5, 5.41) is 6.12. The van der Waals surface area contributed by atoms with Crippen LogP contribution in [0.15, 0.2) is 27.6 Å². The van der Waals surface area contributed by atoms with Gasteiger partial charge in [-0.05, 0) is 38.8 Å². The first-order valence-corrected chi connectivity index (χ1v) is 9.82. The molecule has 1 aromatic carbocycles. The summed E-state index contributed by atoms with van der Waals surface area (Å²) in [6.45, 7) is 3.29. The van der Waals surface area contributed by atoms with Crippen molar-refractivity contribution in [1.82, 2.24) is 9.46 Å². The first-order chi connectivity index (χ1) is 12.7. The third kappa shape index (κ3) is 4.01. The second-order valence-electron chi connectivity index (χ2n) is 6.50. The molecule has 2 aromatic rings. The molecule has 1 amide bonds. The van der Waals surface area contributed by atoms with Gasteiger partial charge >= 0.3 is 0 Å². The number of sulfonamides is 1. The average Bonchev–Trinajstić information content (AvgIpc) is 2.93. The summed E-state index contributed by atoms with van der Waals surface area (Å²) in [7, 11) is -3.86. The van der Waals surface area contributed by atoms with Crippen LogP contribution in [0.5, 0.6) is 0 Å². The van der Waals surface area contributed by atoms with Crippen molar-refractivity contribution >= 4 is 21.6 Å². The van der Waals surface area contributed by atoms with Crippen molar-refractivity contribution in [2.24, 2.45) is 5.92 Å². The number of rotatable bonds is 4. The van der Waals surface area contributed by atoms with Crippen LogP contribution in [-0.4, -0.2) is 36.9 Å². The summed E-state index contributed by atoms with van der Waals surface area (Å²) in [5.41, 5.74) is 0.248. The summed E-state index contributed by atoms with van der Waals surface area (Å²) >= 11 is 0. The van der Waals surface area contributed by atoms with Gasteiger partial charge in [0.1, 0.15) is 22.2 Å². The second-order valence-corrected chi connectivity index (χ2v) is 8.38. The van der Waals surface area contributed by atoms with Crippen molar-refractivity contribution in [3.05, 3.63) is 41.3 Å². The van der Waals surface area contributed by atoms with E-state index in [-0.39, 0.29) is 35.1 Å². The van der Waals surface area contributed by atoms with E-state index in [9.17, 15) is 22.0 Å². The van der Waals surface area contributed by atoms with Gasteiger partial charge in [-0.2, -0.15) is 4.31 Å². The molecule has 27 heavy (non-hydrogen) atoms. The fourth-order valence-corrected chi connectivity index (χ4v) is 5.03. The quantitative estimate of drug-likeness (QED) is 0.853. The zero-order valence-corrected chi connectivity index (χ0v) is 15.6. The van der Waals surface area contributed by atoms with Crippen molar-refractivity contribution < 1.29 is 26.5 Å². The topological polar surface area (TPSA) is 92.5 Å². The van der Waals surface area contributed by atoms with Crippen LogP contribution in [0.2, 0.25) is 0 Å². The molecule has 1 N–H and O–H groups in total. The first-order valence-electron chi connectivity index (χ1n) is 8.38. The Labute approximate surface area is 155 Å². The third-order valence-electron chi connectivity index (χ3n) is 4.45. The van der Waals surface area contributed by atoms with Gasteiger partial charge in [-0.1, -0.05) is 5.16 Å². The normalized spacial score (nSPS) is 18.4. The summed E-state index contributed by atoms with van der Waals surface area (Å²) in [5.74, 6) is -2.55. The van der Waals surface area contributed by atoms with Crippen molar-refractivity contribution in [3.8, 4) is 0 Å². The molecule has 1 aliphatic heterocycles. The van der Waals surface area contributed by atoms with Crippen LogP contribution < -0.4 is 5.32 Å². The number of amides is 1. The predicted octanol–water partition coefficient (Wildman–Crippen LogP) is 2.61. The van der Waals surface area contributed by atoms with E-state index in [1.54, 1.807) is 0 Å². The highest BCUT2D eigenvalue weighted by Crippen LogP contribution is 2.28. The maximum atomic E-state index is 13.3. The lowest BCUT2D eigenvalue weighted by atomic mass is 9.98. The van der Waals surface area contributed by atoms with Crippen LogP contribution in [-0.2, 0) is 14.8 Å². The lowest BCUT2D eigenvalue weighted by Gasteiger charge is -2.31. The van der Waals surface area contributed by atoms with Crippen LogP contribution in [0.4, 0.5) is 14.5 Å². The van der Waals surface area contributed by atoms with Crippen LogP contribution in [0, 0.1) is 31.4 Å². The molecule has 0 aliphatic carbocycles. The molecular weight excluding hydrogens is 380 g/mol. The zero-order valence-electron chi connectivity index (χ0n) is 14.8. The van der Waals surface area contributed by atoms with E-state index in [1.165, 1.54) is 18.2 Å². The molecule has 1 atom stereocenters. The third-order valence-corrected chi connectivity index (χ3v) is 6.56. The van der Waals surface area contributed by atoms with Gasteiger partial charge in [0.25, 0.3) is 0 Å². The van der Waals surface area contributed by atoms with Crippen LogP contribution in [0.25, 0.3) is 0 Å². The molecule has 0 unspecified atom stereocenters. The molecule has 1 aliphatic rings. The molecule has 10 heteroatoms. The van der Waals surface area contributed by atoms with E-state index < -0.39 is 33.5 Å². The van der Waals surface area contributed by atoms with Gasteiger partial charge in [-0.15, -0.1) is 0 Å². The maximum absolute atomic E-state index is 13.3. The van der Waals surface area contributed by atoms with Crippen LogP contribution in [0.3, 0.4) is 0 Å². The predicted molar refractivity (Wildman–Crippen MR) is 92.4 cm³/mol. The average molecular weight is 399 g/mol. The Morgan fingerprint density at radius 1 is 1.26 bits per heavy atom. The van der Waals surface area contributed by atoms with Gasteiger partial charge in [0, 0.05) is 24.8 Å². The van der Waals surface area contributed by atoms with Gasteiger partial charge in [0.05, 0.1) is 5.92 Å². The molecule has 7 nitrogen and oxygen atoms in total. The maximum Gasteiger partial charge on any atom is 0.248 e. The number of carbonyl (C=O) groups is 1. The Kier molecular flexibility index (Phi) is 5.29. The molecule has 0 bridgehead atoms. The minimum absolute atomic E-state index is 0.00996. The van der Waals surface area contributed by atoms with Gasteiger partial charge < -0.3 is 9.84 Å². The fraction of sp³-hybridized carbons (Fsp3) is 0.412. The molecule has 0 radical (unpaired) electrons. The fourth-order valence-electron chi connectivity index (χ4n) is 3.22. The number of benzene rings is 1. The lowest BCUT2D eigenvalue weighted by Crippen LogP contribution is -2.43. The van der Waals surface area contributed by atoms with Crippen LogP contribution in [0.1, 0.15) is 24.3 Å². The minimum Gasteiger partial charge on any atom is -0.360 e. The molecule has 0 saturated carbocycles. The highest BCUT2D eigenvalue weighted by atomic mass is 32.2. The monoisotopic (exact) mass is 399 g/mol. The Balaban J connectivity index is 1.76. The molecule has 1 aromatic heterocycles. The van der Waals surface area contributed by atoms with Crippen molar-refractivity contribution in [2.45, 2.75) is 31.6 Å². The first kappa shape index (κ1) is 19.4. The molecule has 1 saturated heterocycles. The van der Waals surface area contributed by atoms with E-state index in [1.807, 2.05) is 0 Å². The van der Waals surface area contributed by atoms with E-state index >= 15 is 0 Å². The number of hydrogen-bond acceptors (Lipinski definition) is 5. The molecule has 0 spiro atoms. The van der Waals surface area contributed by atoms with E-state index in [2.05, 4.69) is 10.5 Å². The number of nitrogens with one attached hydrogen (secondary N) is 1. The van der Waals surface area contributed by atoms with Gasteiger partial charge in [0.2, 0.25) is 15.9 Å². The number of carbonyl (C=O) groups excluding carboxylic acids is 1. The number of hydrogen-bond donors (Lipinski definition) is 1. The summed E-state index contributed by atoms with van der Waals surface area (Å²) in [6.07, 6.45) is 0.954. The molecule has 3 rings (SSSR count). The number of piperidine rings is 1. The smallest absolute Gasteiger partial charge is 0.248 e.